The predicted octanol–water partition coefficient (Wildman–Crippen LogP) is -3.92. The molecule has 0 fully saturated rings. The van der Waals surface area contributed by atoms with Crippen LogP contribution in [0, 0.1) is 0 Å². The van der Waals surface area contributed by atoms with Crippen LogP contribution in [0.25, 0.3) is 11.2 Å². The molecule has 0 unspecified atom stereocenters. The first-order chi connectivity index (χ1) is 15.2. The van der Waals surface area contributed by atoms with Crippen molar-refractivity contribution < 1.29 is 30.1 Å². The molecule has 34 heavy (non-hydrogen) atoms. The van der Waals surface area contributed by atoms with Gasteiger partial charge in [-0.3, -0.25) is 14.6 Å². The van der Waals surface area contributed by atoms with Crippen molar-refractivity contribution in [3.8, 4) is 0 Å². The first kappa shape index (κ1) is 28.7. The number of nitrogen functional groups attached to an aromatic ring is 1. The van der Waals surface area contributed by atoms with Crippen molar-refractivity contribution in [2.24, 2.45) is 0 Å². The van der Waals surface area contributed by atoms with Crippen molar-refractivity contribution in [2.45, 2.75) is 25.4 Å². The summed E-state index contributed by atoms with van der Waals surface area (Å²) in [6.07, 6.45) is 0.530. The molecule has 3 rings (SSSR count). The monoisotopic (exact) mass is 497 g/mol. The molecule has 1 atom stereocenters. The summed E-state index contributed by atoms with van der Waals surface area (Å²) < 4.78 is 0. The number of aromatic amines is 1. The van der Waals surface area contributed by atoms with Crippen molar-refractivity contribution in [2.75, 3.05) is 11.1 Å². The number of nitrogens with two attached hydrogens (primary N) is 1. The number of aromatic nitrogens is 4. The van der Waals surface area contributed by atoms with Crippen molar-refractivity contribution >= 4 is 78.4 Å². The van der Waals surface area contributed by atoms with Gasteiger partial charge in [0.15, 0.2) is 11.2 Å². The summed E-state index contributed by atoms with van der Waals surface area (Å²) in [6.45, 7) is 0.235. The van der Waals surface area contributed by atoms with Gasteiger partial charge in [-0.25, -0.2) is 9.97 Å². The van der Waals surface area contributed by atoms with Gasteiger partial charge < -0.3 is 41.6 Å². The molecule has 1 aromatic carbocycles. The number of fused-ring (bicyclic) bond motifs is 1. The Labute approximate surface area is 221 Å². The smallest absolute Gasteiger partial charge is 0.550 e. The molecule has 1 amide bonds. The maximum atomic E-state index is 12.2. The number of benzene rings is 1. The van der Waals surface area contributed by atoms with Crippen LogP contribution < -0.4 is 32.1 Å². The largest absolute Gasteiger partial charge is 2.00 e. The van der Waals surface area contributed by atoms with Gasteiger partial charge in [-0.15, -0.1) is 0 Å². The first-order valence-electron chi connectivity index (χ1n) is 9.30. The van der Waals surface area contributed by atoms with Crippen molar-refractivity contribution in [1.82, 2.24) is 25.3 Å². The van der Waals surface area contributed by atoms with E-state index in [9.17, 15) is 29.4 Å². The summed E-state index contributed by atoms with van der Waals surface area (Å²) in [5, 5.41) is 26.9. The quantitative estimate of drug-likeness (QED) is 0.208. The SMILES string of the molecule is Nc1nc2nc(CNc3ccc(C(=O)N[C@@H](CCC(=O)[O-])C(=O)[O-])cc3)cnc2c(=O)[nH]1.O.[Ca+2]. The van der Waals surface area contributed by atoms with Crippen LogP contribution in [0.2, 0.25) is 0 Å². The Morgan fingerprint density at radius 2 is 1.79 bits per heavy atom. The number of aliphatic carboxylic acids is 2. The van der Waals surface area contributed by atoms with Gasteiger partial charge in [0.2, 0.25) is 5.95 Å². The van der Waals surface area contributed by atoms with Gasteiger partial charge in [-0.1, -0.05) is 0 Å². The fourth-order valence-electron chi connectivity index (χ4n) is 2.74. The van der Waals surface area contributed by atoms with E-state index in [0.717, 1.165) is 0 Å². The third-order valence-electron chi connectivity index (χ3n) is 4.33. The molecule has 0 radical (unpaired) electrons. The molecule has 0 saturated heterocycles. The van der Waals surface area contributed by atoms with Crippen LogP contribution in [0.1, 0.15) is 28.9 Å². The van der Waals surface area contributed by atoms with Crippen LogP contribution in [-0.4, -0.2) is 87.0 Å². The molecule has 3 aromatic rings. The number of carbonyl (C=O) groups is 3. The maximum absolute atomic E-state index is 12.2. The Morgan fingerprint density at radius 1 is 1.12 bits per heavy atom. The first-order valence-corrected chi connectivity index (χ1v) is 9.30. The fourth-order valence-corrected chi connectivity index (χ4v) is 2.74. The summed E-state index contributed by atoms with van der Waals surface area (Å²) in [5.41, 5.74) is 6.46. The summed E-state index contributed by atoms with van der Waals surface area (Å²) in [4.78, 5) is 60.1. The Balaban J connectivity index is 0.00000289. The van der Waals surface area contributed by atoms with E-state index in [0.29, 0.717) is 11.4 Å². The second-order valence-electron chi connectivity index (χ2n) is 6.67. The molecule has 0 saturated carbocycles. The molecule has 0 aliphatic carbocycles. The Kier molecular flexibility index (Phi) is 10.8. The number of H-pyrrole nitrogens is 1. The molecule has 14 nitrogen and oxygen atoms in total. The number of amides is 1. The molecule has 0 aliphatic heterocycles. The predicted molar refractivity (Wildman–Crippen MR) is 116 cm³/mol. The summed E-state index contributed by atoms with van der Waals surface area (Å²) in [7, 11) is 0. The number of carbonyl (C=O) groups excluding carboxylic acids is 3. The van der Waals surface area contributed by atoms with Crippen molar-refractivity contribution in [1.29, 1.82) is 0 Å². The van der Waals surface area contributed by atoms with Crippen LogP contribution >= 0.6 is 0 Å². The van der Waals surface area contributed by atoms with E-state index in [1.165, 1.54) is 18.3 Å². The molecule has 2 heterocycles. The maximum Gasteiger partial charge on any atom is 2.00 e. The van der Waals surface area contributed by atoms with E-state index in [1.807, 2.05) is 0 Å². The minimum Gasteiger partial charge on any atom is -0.550 e. The zero-order chi connectivity index (χ0) is 23.3. The molecule has 0 spiro atoms. The Morgan fingerprint density at radius 3 is 2.41 bits per heavy atom. The van der Waals surface area contributed by atoms with E-state index >= 15 is 0 Å². The van der Waals surface area contributed by atoms with Crippen LogP contribution in [0.4, 0.5) is 11.6 Å². The van der Waals surface area contributed by atoms with Gasteiger partial charge >= 0.3 is 37.7 Å². The van der Waals surface area contributed by atoms with E-state index in [4.69, 9.17) is 5.73 Å². The average Bonchev–Trinajstić information content (AvgIpc) is 2.74. The fraction of sp³-hybridized carbons (Fsp3) is 0.211. The minimum atomic E-state index is -1.59. The van der Waals surface area contributed by atoms with Gasteiger partial charge in [-0.2, -0.15) is 4.98 Å². The van der Waals surface area contributed by atoms with Gasteiger partial charge in [0.1, 0.15) is 0 Å². The van der Waals surface area contributed by atoms with Crippen molar-refractivity contribution in [3.05, 3.63) is 52.1 Å². The normalized spacial score (nSPS) is 10.9. The number of nitrogens with one attached hydrogen (secondary N) is 3. The molecule has 174 valence electrons. The number of anilines is 2. The summed E-state index contributed by atoms with van der Waals surface area (Å²) in [6, 6.07) is 4.62. The zero-order valence-electron chi connectivity index (χ0n) is 17.7. The number of rotatable bonds is 9. The van der Waals surface area contributed by atoms with Gasteiger partial charge in [0.25, 0.3) is 11.5 Å². The second-order valence-corrected chi connectivity index (χ2v) is 6.67. The average molecular weight is 497 g/mol. The number of hydrogen-bond acceptors (Lipinski definition) is 11. The molecule has 2 aromatic heterocycles. The number of nitrogens with zero attached hydrogens (tertiary/aromatic N) is 3. The molecule has 7 N–H and O–H groups in total. The number of carboxylic acid groups (broad SMARTS) is 2. The second kappa shape index (κ2) is 12.8. The Hall–Kier alpha value is -3.33. The topological polar surface area (TPSA) is 250 Å². The molecule has 0 aliphatic rings. The standard InChI is InChI=1S/C19H19N7O6.Ca.H2O/c20-19-25-15-14(17(30)26-19)22-8-11(23-15)7-21-10-3-1-9(2-4-10)16(29)24-12(18(31)32)5-6-13(27)28;;/h1-4,8,12,21H,5-7H2,(H,24,29)(H,27,28)(H,31,32)(H3,20,23,25,26,30);;1H2/q;+2;/p-2/t12-;;/m0../s1. The third kappa shape index (κ3) is 7.62. The van der Waals surface area contributed by atoms with Gasteiger partial charge in [0, 0.05) is 17.2 Å². The van der Waals surface area contributed by atoms with Crippen molar-refractivity contribution in [3.63, 3.8) is 0 Å². The van der Waals surface area contributed by atoms with E-state index in [2.05, 4.69) is 30.6 Å². The van der Waals surface area contributed by atoms with Crippen LogP contribution in [0.15, 0.2) is 35.3 Å². The minimum absolute atomic E-state index is 0. The van der Waals surface area contributed by atoms with Crippen LogP contribution in [0.3, 0.4) is 0 Å². The van der Waals surface area contributed by atoms with E-state index < -0.39 is 35.9 Å². The molecular formula is C19H19CaN7O7. The van der Waals surface area contributed by atoms with Gasteiger partial charge in [-0.05, 0) is 37.1 Å². The van der Waals surface area contributed by atoms with Crippen LogP contribution in [-0.2, 0) is 16.1 Å². The zero-order valence-corrected chi connectivity index (χ0v) is 19.9. The van der Waals surface area contributed by atoms with Crippen LogP contribution in [0.5, 0.6) is 0 Å². The number of hydrogen-bond donors (Lipinski definition) is 4. The van der Waals surface area contributed by atoms with E-state index in [1.54, 1.807) is 12.1 Å². The molecule has 0 bridgehead atoms. The van der Waals surface area contributed by atoms with Gasteiger partial charge in [0.05, 0.1) is 30.4 Å². The molecule has 15 heteroatoms. The summed E-state index contributed by atoms with van der Waals surface area (Å²) >= 11 is 0. The molecular weight excluding hydrogens is 478 g/mol. The van der Waals surface area contributed by atoms with E-state index in [-0.39, 0.29) is 78.9 Å². The number of carboxylic acids is 2. The third-order valence-corrected chi connectivity index (χ3v) is 4.33. The Bertz CT molecular complexity index is 1230. The summed E-state index contributed by atoms with van der Waals surface area (Å²) in [5.74, 6) is -3.79.